The lowest BCUT2D eigenvalue weighted by molar-refractivity contribution is -0.139. The van der Waals surface area contributed by atoms with Gasteiger partial charge in [0.2, 0.25) is 0 Å². The summed E-state index contributed by atoms with van der Waals surface area (Å²) in [7, 11) is 0. The monoisotopic (exact) mass is 479 g/mol. The van der Waals surface area contributed by atoms with E-state index in [0.29, 0.717) is 29.7 Å². The van der Waals surface area contributed by atoms with E-state index in [4.69, 9.17) is 9.47 Å². The number of esters is 1. The molecule has 5 heteroatoms. The zero-order valence-corrected chi connectivity index (χ0v) is 20.3. The second-order valence-electron chi connectivity index (χ2n) is 9.12. The van der Waals surface area contributed by atoms with Gasteiger partial charge < -0.3 is 14.8 Å². The molecule has 1 heterocycles. The van der Waals surface area contributed by atoms with E-state index in [1.54, 1.807) is 0 Å². The lowest BCUT2D eigenvalue weighted by Gasteiger charge is -2.34. The van der Waals surface area contributed by atoms with Crippen molar-refractivity contribution in [3.63, 3.8) is 0 Å². The fourth-order valence-corrected chi connectivity index (χ4v) is 4.95. The second-order valence-corrected chi connectivity index (χ2v) is 9.12. The number of ketones is 1. The lowest BCUT2D eigenvalue weighted by atomic mass is 9.75. The van der Waals surface area contributed by atoms with Crippen LogP contribution in [0.25, 0.3) is 0 Å². The van der Waals surface area contributed by atoms with Gasteiger partial charge in [-0.05, 0) is 55.2 Å². The van der Waals surface area contributed by atoms with E-state index < -0.39 is 11.9 Å². The quantitative estimate of drug-likeness (QED) is 0.407. The van der Waals surface area contributed by atoms with Crippen molar-refractivity contribution in [3.05, 3.63) is 119 Å². The predicted molar refractivity (Wildman–Crippen MR) is 139 cm³/mol. The molecule has 5 nitrogen and oxygen atoms in total. The number of dihydropyridines is 1. The Balaban J connectivity index is 1.45. The van der Waals surface area contributed by atoms with Crippen molar-refractivity contribution in [2.75, 3.05) is 6.61 Å². The summed E-state index contributed by atoms with van der Waals surface area (Å²) in [5.41, 5.74) is 4.72. The van der Waals surface area contributed by atoms with Crippen molar-refractivity contribution in [2.45, 2.75) is 38.5 Å². The highest BCUT2D eigenvalue weighted by Crippen LogP contribution is 2.43. The van der Waals surface area contributed by atoms with Crippen LogP contribution in [-0.4, -0.2) is 18.4 Å². The summed E-state index contributed by atoms with van der Waals surface area (Å²) in [6.07, 6.45) is 2.70. The molecule has 1 atom stereocenters. The molecule has 1 aliphatic carbocycles. The molecule has 1 N–H and O–H groups in total. The first-order chi connectivity index (χ1) is 17.6. The molecule has 0 saturated carbocycles. The summed E-state index contributed by atoms with van der Waals surface area (Å²) in [6, 6.07) is 27.1. The topological polar surface area (TPSA) is 64.6 Å². The maximum absolute atomic E-state index is 13.5. The van der Waals surface area contributed by atoms with Gasteiger partial charge in [0.1, 0.15) is 11.5 Å². The van der Waals surface area contributed by atoms with Gasteiger partial charge >= 0.3 is 5.97 Å². The number of carbonyl (C=O) groups excluding carboxylic acids is 2. The Hall–Kier alpha value is -4.12. The molecule has 0 fully saturated rings. The number of benzene rings is 3. The van der Waals surface area contributed by atoms with Crippen LogP contribution in [0.3, 0.4) is 0 Å². The molecule has 3 aromatic carbocycles. The highest BCUT2D eigenvalue weighted by atomic mass is 16.5. The Morgan fingerprint density at radius 2 is 1.64 bits per heavy atom. The van der Waals surface area contributed by atoms with E-state index in [0.717, 1.165) is 41.1 Å². The summed E-state index contributed by atoms with van der Waals surface area (Å²) >= 11 is 0. The molecular weight excluding hydrogens is 450 g/mol. The van der Waals surface area contributed by atoms with Crippen LogP contribution in [0, 0.1) is 0 Å². The van der Waals surface area contributed by atoms with E-state index in [1.165, 1.54) is 0 Å². The Morgan fingerprint density at radius 1 is 0.917 bits per heavy atom. The number of hydrogen-bond acceptors (Lipinski definition) is 5. The van der Waals surface area contributed by atoms with Crippen LogP contribution in [0.15, 0.2) is 107 Å². The van der Waals surface area contributed by atoms with Gasteiger partial charge in [0.25, 0.3) is 0 Å². The Kier molecular flexibility index (Phi) is 6.99. The van der Waals surface area contributed by atoms with Gasteiger partial charge in [-0.15, -0.1) is 0 Å². The van der Waals surface area contributed by atoms with E-state index in [2.05, 4.69) is 5.32 Å². The second kappa shape index (κ2) is 10.6. The molecule has 0 aromatic heterocycles. The van der Waals surface area contributed by atoms with Crippen LogP contribution in [0.5, 0.6) is 11.5 Å². The van der Waals surface area contributed by atoms with Crippen LogP contribution < -0.4 is 10.1 Å². The van der Waals surface area contributed by atoms with Gasteiger partial charge in [-0.25, -0.2) is 4.79 Å². The number of para-hydroxylation sites is 1. The van der Waals surface area contributed by atoms with Crippen molar-refractivity contribution in [1.82, 2.24) is 5.32 Å². The normalized spacial score (nSPS) is 17.4. The molecule has 0 amide bonds. The van der Waals surface area contributed by atoms with Gasteiger partial charge in [0, 0.05) is 35.7 Å². The summed E-state index contributed by atoms with van der Waals surface area (Å²) in [5.74, 6) is 0.543. The van der Waals surface area contributed by atoms with Gasteiger partial charge in [-0.2, -0.15) is 0 Å². The zero-order chi connectivity index (χ0) is 24.9. The molecule has 0 radical (unpaired) electrons. The Morgan fingerprint density at radius 3 is 2.42 bits per heavy atom. The van der Waals surface area contributed by atoms with E-state index in [1.807, 2.05) is 91.9 Å². The van der Waals surface area contributed by atoms with Crippen molar-refractivity contribution in [3.8, 4) is 11.5 Å². The number of nitrogens with one attached hydrogen (secondary N) is 1. The van der Waals surface area contributed by atoms with E-state index in [9.17, 15) is 9.59 Å². The third kappa shape index (κ3) is 5.10. The molecule has 1 unspecified atom stereocenters. The highest BCUT2D eigenvalue weighted by molar-refractivity contribution is 6.03. The number of ether oxygens (including phenoxy) is 2. The summed E-state index contributed by atoms with van der Waals surface area (Å²) in [6.45, 7) is 2.15. The number of rotatable bonds is 7. The first-order valence-electron chi connectivity index (χ1n) is 12.4. The Labute approximate surface area is 211 Å². The number of carbonyl (C=O) groups is 2. The number of Topliss-reactive ketones (excluding diaryl/α,β-unsaturated/α-hetero) is 1. The third-order valence-corrected chi connectivity index (χ3v) is 6.63. The van der Waals surface area contributed by atoms with Crippen molar-refractivity contribution in [2.24, 2.45) is 0 Å². The average molecular weight is 480 g/mol. The molecule has 0 spiro atoms. The fraction of sp³-hybridized carbons (Fsp3) is 0.226. The molecule has 1 aliphatic heterocycles. The lowest BCUT2D eigenvalue weighted by Crippen LogP contribution is -2.34. The molecule has 3 aromatic rings. The van der Waals surface area contributed by atoms with Crippen molar-refractivity contribution >= 4 is 11.8 Å². The van der Waals surface area contributed by atoms with Crippen LogP contribution in [0.1, 0.15) is 43.2 Å². The minimum atomic E-state index is -0.502. The molecule has 0 saturated heterocycles. The first kappa shape index (κ1) is 23.6. The standard InChI is InChI=1S/C31H29NO4/c1-21-28(31(34)35-19-18-22-10-4-2-5-11-22)29(30-26(32-21)16-9-17-27(30)33)23-12-8-15-25(20-23)36-24-13-6-3-7-14-24/h2-8,10-15,20,29,32H,9,16-19H2,1H3. The van der Waals surface area contributed by atoms with Gasteiger partial charge in [-0.1, -0.05) is 60.7 Å². The van der Waals surface area contributed by atoms with Crippen LogP contribution in [0.2, 0.25) is 0 Å². The smallest absolute Gasteiger partial charge is 0.336 e. The van der Waals surface area contributed by atoms with E-state index >= 15 is 0 Å². The largest absolute Gasteiger partial charge is 0.462 e. The minimum Gasteiger partial charge on any atom is -0.462 e. The van der Waals surface area contributed by atoms with Crippen LogP contribution >= 0.6 is 0 Å². The molecular formula is C31H29NO4. The molecule has 2 aliphatic rings. The number of allylic oxidation sites excluding steroid dienone is 3. The summed E-state index contributed by atoms with van der Waals surface area (Å²) in [5, 5.41) is 3.35. The maximum atomic E-state index is 13.5. The van der Waals surface area contributed by atoms with Crippen molar-refractivity contribution < 1.29 is 19.1 Å². The average Bonchev–Trinajstić information content (AvgIpc) is 2.89. The molecule has 182 valence electrons. The summed E-state index contributed by atoms with van der Waals surface area (Å²) < 4.78 is 11.8. The zero-order valence-electron chi connectivity index (χ0n) is 20.3. The first-order valence-corrected chi connectivity index (χ1v) is 12.4. The minimum absolute atomic E-state index is 0.0743. The molecule has 0 bridgehead atoms. The molecule has 36 heavy (non-hydrogen) atoms. The Bertz CT molecular complexity index is 1320. The highest BCUT2D eigenvalue weighted by Gasteiger charge is 2.39. The maximum Gasteiger partial charge on any atom is 0.336 e. The van der Waals surface area contributed by atoms with Gasteiger partial charge in [0.05, 0.1) is 12.2 Å². The van der Waals surface area contributed by atoms with Crippen molar-refractivity contribution in [1.29, 1.82) is 0 Å². The third-order valence-electron chi connectivity index (χ3n) is 6.63. The van der Waals surface area contributed by atoms with Crippen LogP contribution in [0.4, 0.5) is 0 Å². The molecule has 5 rings (SSSR count). The van der Waals surface area contributed by atoms with Crippen LogP contribution in [-0.2, 0) is 20.7 Å². The SMILES string of the molecule is CC1=C(C(=O)OCCc2ccccc2)C(c2cccc(Oc3ccccc3)c2)C2=C(CCCC2=O)N1. The van der Waals surface area contributed by atoms with Gasteiger partial charge in [0.15, 0.2) is 5.78 Å². The van der Waals surface area contributed by atoms with Gasteiger partial charge in [-0.3, -0.25) is 4.79 Å². The summed E-state index contributed by atoms with van der Waals surface area (Å²) in [4.78, 5) is 26.6. The predicted octanol–water partition coefficient (Wildman–Crippen LogP) is 6.23. The number of hydrogen-bond donors (Lipinski definition) is 1. The van der Waals surface area contributed by atoms with E-state index in [-0.39, 0.29) is 12.4 Å². The fourth-order valence-electron chi connectivity index (χ4n) is 4.95.